The highest BCUT2D eigenvalue weighted by Crippen LogP contribution is 2.02. The fourth-order valence-electron chi connectivity index (χ4n) is 1.50. The maximum Gasteiger partial charge on any atom is 0.331 e. The Morgan fingerprint density at radius 3 is 2.48 bits per heavy atom. The van der Waals surface area contributed by atoms with Gasteiger partial charge in [-0.1, -0.05) is 30.3 Å². The van der Waals surface area contributed by atoms with Crippen LogP contribution in [0.4, 0.5) is 0 Å². The number of nitrogens with two attached hydrogens (primary N) is 1. The Morgan fingerprint density at radius 2 is 1.95 bits per heavy atom. The van der Waals surface area contributed by atoms with Crippen molar-refractivity contribution in [2.75, 3.05) is 6.61 Å². The van der Waals surface area contributed by atoms with Gasteiger partial charge in [-0.3, -0.25) is 4.79 Å². The zero-order valence-corrected chi connectivity index (χ0v) is 11.7. The van der Waals surface area contributed by atoms with E-state index < -0.39 is 36.7 Å². The van der Waals surface area contributed by atoms with Gasteiger partial charge in [-0.15, -0.1) is 0 Å². The Labute approximate surface area is 122 Å². The predicted octanol–water partition coefficient (Wildman–Crippen LogP) is -1.08. The lowest BCUT2D eigenvalue weighted by atomic mass is 10.1. The third-order valence-electron chi connectivity index (χ3n) is 2.83. The van der Waals surface area contributed by atoms with Crippen molar-refractivity contribution in [3.05, 3.63) is 35.9 Å². The number of hydrogen-bond acceptors (Lipinski definition) is 6. The number of aliphatic hydroxyl groups is 2. The van der Waals surface area contributed by atoms with Gasteiger partial charge < -0.3 is 26.0 Å². The molecule has 0 saturated carbocycles. The zero-order valence-electron chi connectivity index (χ0n) is 11.7. The second-order valence-corrected chi connectivity index (χ2v) is 4.60. The van der Waals surface area contributed by atoms with Crippen LogP contribution in [0, 0.1) is 0 Å². The normalized spacial score (nSPS) is 14.9. The lowest BCUT2D eigenvalue weighted by molar-refractivity contribution is -0.150. The van der Waals surface area contributed by atoms with Crippen LogP contribution in [0.5, 0.6) is 0 Å². The van der Waals surface area contributed by atoms with E-state index in [2.05, 4.69) is 5.32 Å². The van der Waals surface area contributed by atoms with Gasteiger partial charge in [0.15, 0.2) is 6.04 Å². The van der Waals surface area contributed by atoms with E-state index in [1.165, 1.54) is 6.92 Å². The van der Waals surface area contributed by atoms with Crippen molar-refractivity contribution in [2.24, 2.45) is 5.73 Å². The summed E-state index contributed by atoms with van der Waals surface area (Å²) in [5.74, 6) is -1.51. The minimum atomic E-state index is -1.22. The van der Waals surface area contributed by atoms with Crippen LogP contribution >= 0.6 is 0 Å². The number of carbonyl (C=O) groups excluding carboxylic acids is 2. The van der Waals surface area contributed by atoms with Crippen molar-refractivity contribution >= 4 is 11.9 Å². The topological polar surface area (TPSA) is 122 Å². The molecule has 0 aliphatic rings. The molecule has 0 aliphatic heterocycles. The van der Waals surface area contributed by atoms with Crippen molar-refractivity contribution in [3.63, 3.8) is 0 Å². The molecule has 1 aromatic carbocycles. The number of rotatable bonds is 7. The van der Waals surface area contributed by atoms with Crippen LogP contribution in [0.15, 0.2) is 30.3 Å². The molecule has 0 saturated heterocycles. The van der Waals surface area contributed by atoms with Crippen LogP contribution in [0.1, 0.15) is 12.5 Å². The molecule has 0 fully saturated rings. The molecule has 7 nitrogen and oxygen atoms in total. The molecule has 1 rings (SSSR count). The standard InChI is InChI=1S/C14H20N2O5/c1-9(18)12(15)13(19)16-11(7-17)14(20)21-8-10-5-3-2-4-6-10/h2-6,9,11-12,17-18H,7-8,15H2,1H3,(H,16,19)/t9-,11+,12+/m1/s1. The SMILES string of the molecule is C[C@@H](O)[C@H](N)C(=O)N[C@@H](CO)C(=O)OCc1ccccc1. The van der Waals surface area contributed by atoms with Gasteiger partial charge in [0.25, 0.3) is 0 Å². The van der Waals surface area contributed by atoms with Crippen molar-refractivity contribution < 1.29 is 24.5 Å². The molecular weight excluding hydrogens is 276 g/mol. The molecule has 0 aliphatic carbocycles. The molecule has 1 aromatic rings. The summed E-state index contributed by atoms with van der Waals surface area (Å²) in [4.78, 5) is 23.4. The molecule has 5 N–H and O–H groups in total. The Kier molecular flexibility index (Phi) is 6.80. The molecule has 7 heteroatoms. The first kappa shape index (κ1) is 17.1. The first-order chi connectivity index (χ1) is 9.95. The van der Waals surface area contributed by atoms with Gasteiger partial charge in [-0.2, -0.15) is 0 Å². The van der Waals surface area contributed by atoms with Crippen molar-refractivity contribution in [3.8, 4) is 0 Å². The average Bonchev–Trinajstić information content (AvgIpc) is 2.50. The first-order valence-electron chi connectivity index (χ1n) is 6.51. The summed E-state index contributed by atoms with van der Waals surface area (Å²) in [6, 6.07) is 6.60. The quantitative estimate of drug-likeness (QED) is 0.475. The number of amides is 1. The predicted molar refractivity (Wildman–Crippen MR) is 74.9 cm³/mol. The average molecular weight is 296 g/mol. The van der Waals surface area contributed by atoms with Crippen LogP contribution in [0.25, 0.3) is 0 Å². The number of carbonyl (C=O) groups is 2. The van der Waals surface area contributed by atoms with Gasteiger partial charge in [0.2, 0.25) is 5.91 Å². The summed E-state index contributed by atoms with van der Waals surface area (Å²) < 4.78 is 5.01. The van der Waals surface area contributed by atoms with E-state index in [0.29, 0.717) is 0 Å². The van der Waals surface area contributed by atoms with Gasteiger partial charge >= 0.3 is 5.97 Å². The largest absolute Gasteiger partial charge is 0.459 e. The maximum absolute atomic E-state index is 11.8. The highest BCUT2D eigenvalue weighted by Gasteiger charge is 2.26. The monoisotopic (exact) mass is 296 g/mol. The summed E-state index contributed by atoms with van der Waals surface area (Å²) in [6.07, 6.45) is -1.07. The number of aliphatic hydroxyl groups excluding tert-OH is 2. The van der Waals surface area contributed by atoms with Crippen molar-refractivity contribution in [1.82, 2.24) is 5.32 Å². The number of ether oxygens (including phenoxy) is 1. The zero-order chi connectivity index (χ0) is 15.8. The summed E-state index contributed by atoms with van der Waals surface area (Å²) in [5.41, 5.74) is 6.22. The minimum absolute atomic E-state index is 0.0362. The van der Waals surface area contributed by atoms with Crippen LogP contribution in [0.3, 0.4) is 0 Å². The number of esters is 1. The summed E-state index contributed by atoms with van der Waals surface area (Å²) in [5, 5.41) is 20.6. The molecule has 0 bridgehead atoms. The lowest BCUT2D eigenvalue weighted by Gasteiger charge is -2.19. The number of hydrogen-bond donors (Lipinski definition) is 4. The van der Waals surface area contributed by atoms with Gasteiger partial charge in [0, 0.05) is 0 Å². The summed E-state index contributed by atoms with van der Waals surface area (Å²) in [7, 11) is 0. The second-order valence-electron chi connectivity index (χ2n) is 4.60. The molecular formula is C14H20N2O5. The van der Waals surface area contributed by atoms with Crippen molar-refractivity contribution in [1.29, 1.82) is 0 Å². The number of nitrogens with one attached hydrogen (secondary N) is 1. The Bertz CT molecular complexity index is 464. The molecule has 0 unspecified atom stereocenters. The van der Waals surface area contributed by atoms with Gasteiger partial charge in [-0.25, -0.2) is 4.79 Å². The Morgan fingerprint density at radius 1 is 1.33 bits per heavy atom. The fourth-order valence-corrected chi connectivity index (χ4v) is 1.50. The van der Waals surface area contributed by atoms with E-state index in [9.17, 15) is 14.7 Å². The van der Waals surface area contributed by atoms with Gasteiger partial charge in [0.05, 0.1) is 12.7 Å². The van der Waals surface area contributed by atoms with Crippen molar-refractivity contribution in [2.45, 2.75) is 31.7 Å². The summed E-state index contributed by atoms with van der Waals surface area (Å²) >= 11 is 0. The molecule has 116 valence electrons. The molecule has 1 amide bonds. The molecule has 21 heavy (non-hydrogen) atoms. The number of benzene rings is 1. The second kappa shape index (κ2) is 8.35. The van der Waals surface area contributed by atoms with Gasteiger partial charge in [0.1, 0.15) is 12.6 Å². The van der Waals surface area contributed by atoms with E-state index in [-0.39, 0.29) is 6.61 Å². The van der Waals surface area contributed by atoms with E-state index in [1.807, 2.05) is 6.07 Å². The highest BCUT2D eigenvalue weighted by atomic mass is 16.5. The fraction of sp³-hybridized carbons (Fsp3) is 0.429. The van der Waals surface area contributed by atoms with Crippen LogP contribution < -0.4 is 11.1 Å². The molecule has 3 atom stereocenters. The molecule has 0 spiro atoms. The first-order valence-corrected chi connectivity index (χ1v) is 6.51. The lowest BCUT2D eigenvalue weighted by Crippen LogP contribution is -2.53. The summed E-state index contributed by atoms with van der Waals surface area (Å²) in [6.45, 7) is 0.770. The molecule has 0 heterocycles. The van der Waals surface area contributed by atoms with Crippen LogP contribution in [-0.2, 0) is 20.9 Å². The highest BCUT2D eigenvalue weighted by molar-refractivity contribution is 5.87. The maximum atomic E-state index is 11.8. The van der Waals surface area contributed by atoms with Gasteiger partial charge in [-0.05, 0) is 12.5 Å². The molecule has 0 aromatic heterocycles. The van der Waals surface area contributed by atoms with E-state index in [1.54, 1.807) is 24.3 Å². The third-order valence-corrected chi connectivity index (χ3v) is 2.83. The van der Waals surface area contributed by atoms with Crippen LogP contribution in [-0.4, -0.2) is 46.9 Å². The molecule has 0 radical (unpaired) electrons. The van der Waals surface area contributed by atoms with E-state index in [4.69, 9.17) is 15.6 Å². The minimum Gasteiger partial charge on any atom is -0.459 e. The smallest absolute Gasteiger partial charge is 0.331 e. The third kappa shape index (κ3) is 5.50. The van der Waals surface area contributed by atoms with E-state index in [0.717, 1.165) is 5.56 Å². The Hall–Kier alpha value is -1.96. The van der Waals surface area contributed by atoms with E-state index >= 15 is 0 Å². The van der Waals surface area contributed by atoms with Crippen LogP contribution in [0.2, 0.25) is 0 Å². The Balaban J connectivity index is 2.51.